The molecule has 0 amide bonds. The minimum absolute atomic E-state index is 0.0370. The van der Waals surface area contributed by atoms with Gasteiger partial charge in [0.2, 0.25) is 0 Å². The lowest BCUT2D eigenvalue weighted by molar-refractivity contribution is 0.171. The van der Waals surface area contributed by atoms with Gasteiger partial charge in [-0.25, -0.2) is 8.42 Å². The Hall–Kier alpha value is -2.28. The van der Waals surface area contributed by atoms with Crippen molar-refractivity contribution in [3.8, 4) is 11.5 Å². The van der Waals surface area contributed by atoms with Crippen LogP contribution in [0.3, 0.4) is 0 Å². The highest BCUT2D eigenvalue weighted by Gasteiger charge is 2.28. The molecule has 7 heteroatoms. The van der Waals surface area contributed by atoms with E-state index < -0.39 is 10.0 Å². The molecule has 0 spiro atoms. The third-order valence-electron chi connectivity index (χ3n) is 3.71. The van der Waals surface area contributed by atoms with Gasteiger partial charge in [-0.15, -0.1) is 4.40 Å². The summed E-state index contributed by atoms with van der Waals surface area (Å²) >= 11 is 0. The number of sulfonamides is 1. The molecular weight excluding hydrogens is 304 g/mol. The molecule has 0 saturated heterocycles. The first-order chi connectivity index (χ1) is 10.6. The van der Waals surface area contributed by atoms with Crippen molar-refractivity contribution in [2.24, 2.45) is 4.40 Å². The van der Waals surface area contributed by atoms with Crippen LogP contribution >= 0.6 is 0 Å². The highest BCUT2D eigenvalue weighted by molar-refractivity contribution is 7.90. The fraction of sp³-hybridized carbons (Fsp3) is 0.267. The van der Waals surface area contributed by atoms with Crippen molar-refractivity contribution in [3.63, 3.8) is 0 Å². The fourth-order valence-corrected chi connectivity index (χ4v) is 3.64. The van der Waals surface area contributed by atoms with Gasteiger partial charge >= 0.3 is 0 Å². The highest BCUT2D eigenvalue weighted by atomic mass is 32.2. The highest BCUT2D eigenvalue weighted by Crippen LogP contribution is 2.34. The molecule has 0 fully saturated rings. The van der Waals surface area contributed by atoms with Crippen LogP contribution in [0.1, 0.15) is 5.56 Å². The second-order valence-electron chi connectivity index (χ2n) is 5.17. The van der Waals surface area contributed by atoms with Gasteiger partial charge in [0.15, 0.2) is 17.3 Å². The summed E-state index contributed by atoms with van der Waals surface area (Å²) in [7, 11) is -3.40. The van der Waals surface area contributed by atoms with Gasteiger partial charge in [0.25, 0.3) is 10.0 Å². The number of hydrogen-bond donors (Lipinski definition) is 0. The van der Waals surface area contributed by atoms with E-state index in [1.807, 2.05) is 41.5 Å². The van der Waals surface area contributed by atoms with Crippen LogP contribution in [0.4, 0.5) is 0 Å². The fourth-order valence-electron chi connectivity index (χ4n) is 2.65. The van der Waals surface area contributed by atoms with Crippen LogP contribution in [-0.2, 0) is 10.0 Å². The van der Waals surface area contributed by atoms with Crippen molar-refractivity contribution in [1.29, 1.82) is 0 Å². The summed E-state index contributed by atoms with van der Waals surface area (Å²) in [5, 5.41) is 0. The second kappa shape index (κ2) is 4.88. The van der Waals surface area contributed by atoms with Crippen LogP contribution in [0.15, 0.2) is 40.9 Å². The molecule has 3 aliphatic heterocycles. The molecular formula is C15H14N2O4S. The second-order valence-corrected chi connectivity index (χ2v) is 6.93. The van der Waals surface area contributed by atoms with Crippen molar-refractivity contribution < 1.29 is 17.9 Å². The summed E-state index contributed by atoms with van der Waals surface area (Å²) in [6.07, 6.45) is 5.60. The summed E-state index contributed by atoms with van der Waals surface area (Å²) in [5.41, 5.74) is 1.62. The molecule has 4 rings (SSSR count). The van der Waals surface area contributed by atoms with Gasteiger partial charge < -0.3 is 14.4 Å². The molecule has 22 heavy (non-hydrogen) atoms. The van der Waals surface area contributed by atoms with Gasteiger partial charge in [-0.3, -0.25) is 0 Å². The molecule has 0 unspecified atom stereocenters. The van der Waals surface area contributed by atoms with E-state index in [0.29, 0.717) is 37.1 Å². The lowest BCUT2D eigenvalue weighted by atomic mass is 10.0. The maximum Gasteiger partial charge on any atom is 0.256 e. The molecule has 6 nitrogen and oxygen atoms in total. The number of amidine groups is 1. The third kappa shape index (κ3) is 2.27. The summed E-state index contributed by atoms with van der Waals surface area (Å²) < 4.78 is 38.6. The Balaban J connectivity index is 1.80. The number of benzene rings is 1. The SMILES string of the molecule is O=S1(=O)CCN2C=CC=C(c3ccc4c(c3)OCCO4)C2=N1. The summed E-state index contributed by atoms with van der Waals surface area (Å²) in [5.74, 6) is 1.88. The van der Waals surface area contributed by atoms with Gasteiger partial charge in [-0.2, -0.15) is 0 Å². The van der Waals surface area contributed by atoms with E-state index >= 15 is 0 Å². The molecule has 0 bridgehead atoms. The Morgan fingerprint density at radius 2 is 1.95 bits per heavy atom. The van der Waals surface area contributed by atoms with E-state index in [1.54, 1.807) is 0 Å². The third-order valence-corrected chi connectivity index (χ3v) is 4.86. The van der Waals surface area contributed by atoms with Crippen LogP contribution < -0.4 is 9.47 Å². The first-order valence-corrected chi connectivity index (χ1v) is 8.61. The van der Waals surface area contributed by atoms with Gasteiger partial charge in [0.05, 0.1) is 5.75 Å². The normalized spacial score (nSPS) is 21.7. The maximum atomic E-state index is 11.8. The Labute approximate surface area is 128 Å². The Morgan fingerprint density at radius 1 is 1.14 bits per heavy atom. The molecule has 0 atom stereocenters. The van der Waals surface area contributed by atoms with Crippen LogP contribution in [0, 0.1) is 0 Å². The Bertz CT molecular complexity index is 824. The minimum Gasteiger partial charge on any atom is -0.486 e. The monoisotopic (exact) mass is 318 g/mol. The first kappa shape index (κ1) is 13.4. The zero-order chi connectivity index (χ0) is 15.2. The molecule has 1 aromatic rings. The van der Waals surface area contributed by atoms with Crippen molar-refractivity contribution in [3.05, 3.63) is 42.1 Å². The molecule has 114 valence electrons. The van der Waals surface area contributed by atoms with Crippen LogP contribution in [0.2, 0.25) is 0 Å². The molecule has 0 aromatic heterocycles. The van der Waals surface area contributed by atoms with Crippen LogP contribution in [-0.4, -0.2) is 44.7 Å². The summed E-state index contributed by atoms with van der Waals surface area (Å²) in [6.45, 7) is 1.47. The van der Waals surface area contributed by atoms with E-state index in [1.165, 1.54) is 0 Å². The number of hydrogen-bond acceptors (Lipinski definition) is 5. The van der Waals surface area contributed by atoms with Gasteiger partial charge in [-0.1, -0.05) is 6.07 Å². The number of nitrogens with zero attached hydrogens (tertiary/aromatic N) is 2. The minimum atomic E-state index is -3.40. The van der Waals surface area contributed by atoms with Crippen molar-refractivity contribution in [1.82, 2.24) is 4.90 Å². The van der Waals surface area contributed by atoms with Crippen LogP contribution in [0.25, 0.3) is 5.57 Å². The van der Waals surface area contributed by atoms with Crippen molar-refractivity contribution in [2.45, 2.75) is 0 Å². The van der Waals surface area contributed by atoms with Crippen molar-refractivity contribution in [2.75, 3.05) is 25.5 Å². The van der Waals surface area contributed by atoms with E-state index in [0.717, 1.165) is 11.1 Å². The molecule has 1 aromatic carbocycles. The van der Waals surface area contributed by atoms with Crippen molar-refractivity contribution >= 4 is 21.4 Å². The van der Waals surface area contributed by atoms with Gasteiger partial charge in [-0.05, 0) is 29.8 Å². The quantitative estimate of drug-likeness (QED) is 0.783. The summed E-state index contributed by atoms with van der Waals surface area (Å²) in [6, 6.07) is 5.59. The standard InChI is InChI=1S/C15H14N2O4S/c18-22(19)9-6-17-5-1-2-12(15(17)16-22)11-3-4-13-14(10-11)21-8-7-20-13/h1-5,10H,6-9H2. The topological polar surface area (TPSA) is 68.2 Å². The largest absolute Gasteiger partial charge is 0.486 e. The van der Waals surface area contributed by atoms with E-state index in [-0.39, 0.29) is 5.75 Å². The molecule has 0 aliphatic carbocycles. The zero-order valence-corrected chi connectivity index (χ0v) is 12.5. The summed E-state index contributed by atoms with van der Waals surface area (Å²) in [4.78, 5) is 1.85. The molecule has 0 N–H and O–H groups in total. The zero-order valence-electron chi connectivity index (χ0n) is 11.7. The van der Waals surface area contributed by atoms with Crippen LogP contribution in [0.5, 0.6) is 11.5 Å². The van der Waals surface area contributed by atoms with E-state index in [4.69, 9.17) is 9.47 Å². The number of fused-ring (bicyclic) bond motifs is 2. The average molecular weight is 318 g/mol. The number of ether oxygens (including phenoxy) is 2. The maximum absolute atomic E-state index is 11.8. The Morgan fingerprint density at radius 3 is 2.82 bits per heavy atom. The molecule has 3 aliphatic rings. The van der Waals surface area contributed by atoms with E-state index in [2.05, 4.69) is 4.40 Å². The first-order valence-electron chi connectivity index (χ1n) is 7.01. The average Bonchev–Trinajstić information content (AvgIpc) is 2.53. The molecule has 0 saturated carbocycles. The van der Waals surface area contributed by atoms with E-state index in [9.17, 15) is 8.42 Å². The van der Waals surface area contributed by atoms with Gasteiger partial charge in [0, 0.05) is 18.3 Å². The lowest BCUT2D eigenvalue weighted by Gasteiger charge is -2.29. The predicted molar refractivity (Wildman–Crippen MR) is 82.5 cm³/mol. The molecule has 3 heterocycles. The number of rotatable bonds is 1. The van der Waals surface area contributed by atoms with Gasteiger partial charge in [0.1, 0.15) is 13.2 Å². The Kier molecular flexibility index (Phi) is 2.97. The lowest BCUT2D eigenvalue weighted by Crippen LogP contribution is -2.37. The molecule has 0 radical (unpaired) electrons. The smallest absolute Gasteiger partial charge is 0.256 e. The predicted octanol–water partition coefficient (Wildman–Crippen LogP) is 1.41. The number of allylic oxidation sites excluding steroid dienone is 2.